The summed E-state index contributed by atoms with van der Waals surface area (Å²) in [6.45, 7) is 5.97. The molecule has 1 N–H and O–H groups in total. The van der Waals surface area contributed by atoms with Crippen molar-refractivity contribution in [1.82, 2.24) is 14.9 Å². The monoisotopic (exact) mass is 277 g/mol. The van der Waals surface area contributed by atoms with Crippen LogP contribution in [0.3, 0.4) is 0 Å². The van der Waals surface area contributed by atoms with Crippen LogP contribution in [0.1, 0.15) is 55.6 Å². The van der Waals surface area contributed by atoms with Gasteiger partial charge in [0, 0.05) is 25.3 Å². The van der Waals surface area contributed by atoms with Crippen molar-refractivity contribution in [3.05, 3.63) is 23.8 Å². The molecule has 5 nitrogen and oxygen atoms in total. The quantitative estimate of drug-likeness (QED) is 0.865. The molecule has 0 amide bonds. The minimum atomic E-state index is -0.948. The van der Waals surface area contributed by atoms with Gasteiger partial charge in [-0.1, -0.05) is 26.7 Å². The second-order valence-electron chi connectivity index (χ2n) is 5.95. The standard InChI is InChI=1S/C15H23N3O2/c1-11(2)8-18(12-5-3-4-6-12)9-14-13(15(19)20)7-16-10-17-14/h7,10-12H,3-6,8-9H2,1-2H3,(H,19,20). The van der Waals surface area contributed by atoms with Gasteiger partial charge >= 0.3 is 5.97 Å². The van der Waals surface area contributed by atoms with Crippen LogP contribution in [-0.2, 0) is 6.54 Å². The molecular formula is C15H23N3O2. The van der Waals surface area contributed by atoms with Crippen LogP contribution in [0.5, 0.6) is 0 Å². The van der Waals surface area contributed by atoms with Crippen LogP contribution in [0.4, 0.5) is 0 Å². The molecule has 0 aromatic carbocycles. The van der Waals surface area contributed by atoms with Gasteiger partial charge in [-0.3, -0.25) is 4.90 Å². The topological polar surface area (TPSA) is 66.3 Å². The van der Waals surface area contributed by atoms with Gasteiger partial charge in [0.15, 0.2) is 0 Å². The molecule has 0 atom stereocenters. The van der Waals surface area contributed by atoms with Gasteiger partial charge in [-0.2, -0.15) is 0 Å². The Morgan fingerprint density at radius 3 is 2.75 bits per heavy atom. The van der Waals surface area contributed by atoms with Crippen LogP contribution < -0.4 is 0 Å². The Kier molecular flexibility index (Phi) is 5.06. The molecule has 0 aliphatic heterocycles. The van der Waals surface area contributed by atoms with Gasteiger partial charge < -0.3 is 5.11 Å². The summed E-state index contributed by atoms with van der Waals surface area (Å²) in [5.74, 6) is -0.387. The summed E-state index contributed by atoms with van der Waals surface area (Å²) in [5.41, 5.74) is 0.847. The number of aromatic carboxylic acids is 1. The zero-order chi connectivity index (χ0) is 14.5. The molecule has 1 aliphatic rings. The Morgan fingerprint density at radius 1 is 1.45 bits per heavy atom. The third-order valence-electron chi connectivity index (χ3n) is 3.82. The average Bonchev–Trinajstić information content (AvgIpc) is 2.91. The van der Waals surface area contributed by atoms with Crippen LogP contribution in [-0.4, -0.2) is 38.5 Å². The van der Waals surface area contributed by atoms with Gasteiger partial charge in [0.1, 0.15) is 11.9 Å². The SMILES string of the molecule is CC(C)CN(Cc1ncncc1C(=O)O)C1CCCC1. The molecule has 1 aromatic heterocycles. The van der Waals surface area contributed by atoms with Crippen molar-refractivity contribution < 1.29 is 9.90 Å². The van der Waals surface area contributed by atoms with Gasteiger partial charge in [0.25, 0.3) is 0 Å². The lowest BCUT2D eigenvalue weighted by Crippen LogP contribution is -2.36. The van der Waals surface area contributed by atoms with Gasteiger partial charge in [-0.15, -0.1) is 0 Å². The smallest absolute Gasteiger partial charge is 0.339 e. The third-order valence-corrected chi connectivity index (χ3v) is 3.82. The normalized spacial score (nSPS) is 16.2. The number of rotatable bonds is 6. The predicted molar refractivity (Wildman–Crippen MR) is 76.5 cm³/mol. The molecule has 2 rings (SSSR count). The highest BCUT2D eigenvalue weighted by Gasteiger charge is 2.25. The molecule has 0 unspecified atom stereocenters. The molecular weight excluding hydrogens is 254 g/mol. The van der Waals surface area contributed by atoms with E-state index >= 15 is 0 Å². The summed E-state index contributed by atoms with van der Waals surface area (Å²) in [4.78, 5) is 21.7. The van der Waals surface area contributed by atoms with E-state index < -0.39 is 5.97 Å². The Labute approximate surface area is 120 Å². The molecule has 0 radical (unpaired) electrons. The van der Waals surface area contributed by atoms with E-state index in [9.17, 15) is 9.90 Å². The lowest BCUT2D eigenvalue weighted by molar-refractivity contribution is 0.0691. The number of nitrogens with zero attached hydrogens (tertiary/aromatic N) is 3. The van der Waals surface area contributed by atoms with E-state index in [2.05, 4.69) is 28.7 Å². The molecule has 0 spiro atoms. The highest BCUT2D eigenvalue weighted by atomic mass is 16.4. The molecule has 1 aliphatic carbocycles. The van der Waals surface area contributed by atoms with Crippen LogP contribution in [0.15, 0.2) is 12.5 Å². The summed E-state index contributed by atoms with van der Waals surface area (Å²) in [6, 6.07) is 0.564. The largest absolute Gasteiger partial charge is 0.478 e. The Bertz CT molecular complexity index is 456. The zero-order valence-corrected chi connectivity index (χ0v) is 12.2. The molecule has 110 valence electrons. The van der Waals surface area contributed by atoms with Crippen molar-refractivity contribution in [3.63, 3.8) is 0 Å². The lowest BCUT2D eigenvalue weighted by Gasteiger charge is -2.30. The summed E-state index contributed by atoms with van der Waals surface area (Å²) in [7, 11) is 0. The average molecular weight is 277 g/mol. The summed E-state index contributed by atoms with van der Waals surface area (Å²) < 4.78 is 0. The van der Waals surface area contributed by atoms with Gasteiger partial charge in [0.05, 0.1) is 5.69 Å². The third kappa shape index (κ3) is 3.76. The first-order valence-corrected chi connectivity index (χ1v) is 7.34. The molecule has 1 fully saturated rings. The van der Waals surface area contributed by atoms with Gasteiger partial charge in [-0.25, -0.2) is 14.8 Å². The van der Waals surface area contributed by atoms with Gasteiger partial charge in [0.2, 0.25) is 0 Å². The maximum absolute atomic E-state index is 11.2. The number of carbonyl (C=O) groups is 1. The first-order valence-electron chi connectivity index (χ1n) is 7.34. The number of hydrogen-bond donors (Lipinski definition) is 1. The van der Waals surface area contributed by atoms with Crippen molar-refractivity contribution in [3.8, 4) is 0 Å². The fraction of sp³-hybridized carbons (Fsp3) is 0.667. The van der Waals surface area contributed by atoms with Crippen LogP contribution in [0, 0.1) is 5.92 Å². The van der Waals surface area contributed by atoms with Crippen molar-refractivity contribution in [2.45, 2.75) is 52.1 Å². The second kappa shape index (κ2) is 6.79. The van der Waals surface area contributed by atoms with E-state index in [1.807, 2.05) is 0 Å². The Balaban J connectivity index is 2.16. The molecule has 0 bridgehead atoms. The predicted octanol–water partition coefficient (Wildman–Crippen LogP) is 2.58. The minimum Gasteiger partial charge on any atom is -0.478 e. The Morgan fingerprint density at radius 2 is 2.15 bits per heavy atom. The Hall–Kier alpha value is -1.49. The van der Waals surface area contributed by atoms with Crippen molar-refractivity contribution >= 4 is 5.97 Å². The highest BCUT2D eigenvalue weighted by Crippen LogP contribution is 2.25. The number of aromatic nitrogens is 2. The van der Waals surface area contributed by atoms with Crippen LogP contribution >= 0.6 is 0 Å². The van der Waals surface area contributed by atoms with Gasteiger partial charge in [-0.05, 0) is 18.8 Å². The summed E-state index contributed by atoms with van der Waals surface area (Å²) in [6.07, 6.45) is 7.79. The summed E-state index contributed by atoms with van der Waals surface area (Å²) >= 11 is 0. The van der Waals surface area contributed by atoms with Crippen molar-refractivity contribution in [1.29, 1.82) is 0 Å². The number of hydrogen-bond acceptors (Lipinski definition) is 4. The highest BCUT2D eigenvalue weighted by molar-refractivity contribution is 5.88. The van der Waals surface area contributed by atoms with E-state index in [1.165, 1.54) is 38.2 Å². The fourth-order valence-corrected chi connectivity index (χ4v) is 2.93. The zero-order valence-electron chi connectivity index (χ0n) is 12.2. The van der Waals surface area contributed by atoms with E-state index in [1.54, 1.807) is 0 Å². The summed E-state index contributed by atoms with van der Waals surface area (Å²) in [5, 5.41) is 9.23. The molecule has 20 heavy (non-hydrogen) atoms. The molecule has 1 aromatic rings. The maximum Gasteiger partial charge on any atom is 0.339 e. The first-order chi connectivity index (χ1) is 9.58. The molecule has 5 heteroatoms. The maximum atomic E-state index is 11.2. The first kappa shape index (κ1) is 14.9. The fourth-order valence-electron chi connectivity index (χ4n) is 2.93. The number of carboxylic acids is 1. The van der Waals surface area contributed by atoms with E-state index in [-0.39, 0.29) is 5.56 Å². The van der Waals surface area contributed by atoms with E-state index in [0.717, 1.165) is 6.54 Å². The molecule has 1 heterocycles. The lowest BCUT2D eigenvalue weighted by atomic mass is 10.1. The van der Waals surface area contributed by atoms with E-state index in [4.69, 9.17) is 0 Å². The van der Waals surface area contributed by atoms with Crippen molar-refractivity contribution in [2.75, 3.05) is 6.54 Å². The molecule has 0 saturated heterocycles. The second-order valence-corrected chi connectivity index (χ2v) is 5.95. The van der Waals surface area contributed by atoms with Crippen molar-refractivity contribution in [2.24, 2.45) is 5.92 Å². The molecule has 1 saturated carbocycles. The van der Waals surface area contributed by atoms with Crippen LogP contribution in [0.2, 0.25) is 0 Å². The number of carboxylic acid groups (broad SMARTS) is 1. The minimum absolute atomic E-state index is 0.222. The van der Waals surface area contributed by atoms with E-state index in [0.29, 0.717) is 24.2 Å². The van der Waals surface area contributed by atoms with Crippen LogP contribution in [0.25, 0.3) is 0 Å².